The highest BCUT2D eigenvalue weighted by Gasteiger charge is 1.99. The van der Waals surface area contributed by atoms with Gasteiger partial charge in [0.15, 0.2) is 0 Å². The van der Waals surface area contributed by atoms with E-state index in [-0.39, 0.29) is 0 Å². The molecule has 0 spiro atoms. The molecule has 0 saturated heterocycles. The summed E-state index contributed by atoms with van der Waals surface area (Å²) in [6, 6.07) is 9.27. The average molecular weight is 300 g/mol. The standard InChI is InChI=1S/C16H20N4O2/c1-3-9-17-15-8-10-18-16(20-15)19-11-12-22-14-6-4-13(21-2)5-7-14/h3-8,10H,1,9,11-12H2,2H3,(H2,17,18,19,20). The van der Waals surface area contributed by atoms with Gasteiger partial charge in [-0.3, -0.25) is 0 Å². The molecule has 2 N–H and O–H groups in total. The highest BCUT2D eigenvalue weighted by molar-refractivity contribution is 5.39. The average Bonchev–Trinajstić information content (AvgIpc) is 2.58. The van der Waals surface area contributed by atoms with Crippen LogP contribution in [0.15, 0.2) is 49.2 Å². The van der Waals surface area contributed by atoms with Gasteiger partial charge in [0.2, 0.25) is 5.95 Å². The number of ether oxygens (including phenoxy) is 2. The van der Waals surface area contributed by atoms with E-state index in [1.807, 2.05) is 30.3 Å². The highest BCUT2D eigenvalue weighted by Crippen LogP contribution is 2.16. The lowest BCUT2D eigenvalue weighted by molar-refractivity contribution is 0.331. The molecule has 0 atom stereocenters. The number of anilines is 2. The molecule has 0 amide bonds. The molecule has 0 fully saturated rings. The molecule has 0 aliphatic heterocycles. The maximum absolute atomic E-state index is 5.62. The zero-order valence-corrected chi connectivity index (χ0v) is 12.6. The molecule has 0 unspecified atom stereocenters. The summed E-state index contributed by atoms with van der Waals surface area (Å²) in [5.74, 6) is 2.92. The summed E-state index contributed by atoms with van der Waals surface area (Å²) >= 11 is 0. The minimum Gasteiger partial charge on any atom is -0.497 e. The lowest BCUT2D eigenvalue weighted by Crippen LogP contribution is -2.14. The molecule has 0 saturated carbocycles. The lowest BCUT2D eigenvalue weighted by atomic mass is 10.3. The van der Waals surface area contributed by atoms with Crippen LogP contribution in [-0.4, -0.2) is 36.8 Å². The van der Waals surface area contributed by atoms with E-state index in [2.05, 4.69) is 27.2 Å². The van der Waals surface area contributed by atoms with Crippen molar-refractivity contribution in [3.63, 3.8) is 0 Å². The third-order valence-corrected chi connectivity index (χ3v) is 2.80. The van der Waals surface area contributed by atoms with Crippen LogP contribution in [0.3, 0.4) is 0 Å². The van der Waals surface area contributed by atoms with Crippen molar-refractivity contribution in [1.82, 2.24) is 9.97 Å². The molecular formula is C16H20N4O2. The van der Waals surface area contributed by atoms with Crippen LogP contribution in [0.1, 0.15) is 0 Å². The van der Waals surface area contributed by atoms with E-state index in [1.165, 1.54) is 0 Å². The van der Waals surface area contributed by atoms with Gasteiger partial charge in [0.25, 0.3) is 0 Å². The van der Waals surface area contributed by atoms with Gasteiger partial charge in [-0.05, 0) is 30.3 Å². The molecule has 0 radical (unpaired) electrons. The molecule has 0 bridgehead atoms. The Labute approximate surface area is 130 Å². The Kier molecular flexibility index (Phi) is 6.04. The van der Waals surface area contributed by atoms with Gasteiger partial charge in [0.05, 0.1) is 13.7 Å². The Hall–Kier alpha value is -2.76. The van der Waals surface area contributed by atoms with Crippen molar-refractivity contribution < 1.29 is 9.47 Å². The molecule has 0 aliphatic rings. The molecule has 1 aromatic heterocycles. The van der Waals surface area contributed by atoms with E-state index in [9.17, 15) is 0 Å². The van der Waals surface area contributed by atoms with Crippen molar-refractivity contribution in [2.75, 3.05) is 37.4 Å². The summed E-state index contributed by atoms with van der Waals surface area (Å²) in [5.41, 5.74) is 0. The molecule has 1 heterocycles. The van der Waals surface area contributed by atoms with Gasteiger partial charge >= 0.3 is 0 Å². The lowest BCUT2D eigenvalue weighted by Gasteiger charge is -2.09. The summed E-state index contributed by atoms with van der Waals surface area (Å²) in [4.78, 5) is 8.48. The second-order valence-electron chi connectivity index (χ2n) is 4.39. The van der Waals surface area contributed by atoms with Crippen LogP contribution in [-0.2, 0) is 0 Å². The third kappa shape index (κ3) is 4.97. The summed E-state index contributed by atoms with van der Waals surface area (Å²) in [5, 5.41) is 6.23. The number of benzene rings is 1. The first kappa shape index (κ1) is 15.6. The Morgan fingerprint density at radius 3 is 2.64 bits per heavy atom. The van der Waals surface area contributed by atoms with Gasteiger partial charge in [-0.2, -0.15) is 4.98 Å². The molecule has 2 aromatic rings. The van der Waals surface area contributed by atoms with Crippen molar-refractivity contribution in [3.8, 4) is 11.5 Å². The van der Waals surface area contributed by atoms with E-state index in [1.54, 1.807) is 19.4 Å². The molecule has 6 nitrogen and oxygen atoms in total. The van der Waals surface area contributed by atoms with E-state index in [4.69, 9.17) is 9.47 Å². The number of nitrogens with zero attached hydrogens (tertiary/aromatic N) is 2. The van der Waals surface area contributed by atoms with Crippen molar-refractivity contribution in [2.24, 2.45) is 0 Å². The van der Waals surface area contributed by atoms with Crippen molar-refractivity contribution in [1.29, 1.82) is 0 Å². The zero-order chi connectivity index (χ0) is 15.6. The molecule has 6 heteroatoms. The second kappa shape index (κ2) is 8.51. The van der Waals surface area contributed by atoms with E-state index in [0.29, 0.717) is 25.6 Å². The first-order chi connectivity index (χ1) is 10.8. The molecular weight excluding hydrogens is 280 g/mol. The van der Waals surface area contributed by atoms with Gasteiger partial charge in [0.1, 0.15) is 23.9 Å². The molecule has 22 heavy (non-hydrogen) atoms. The van der Waals surface area contributed by atoms with Gasteiger partial charge in [-0.25, -0.2) is 4.98 Å². The first-order valence-corrected chi connectivity index (χ1v) is 7.00. The van der Waals surface area contributed by atoms with Crippen LogP contribution in [0.25, 0.3) is 0 Å². The van der Waals surface area contributed by atoms with Crippen molar-refractivity contribution in [3.05, 3.63) is 49.2 Å². The number of nitrogens with one attached hydrogen (secondary N) is 2. The van der Waals surface area contributed by atoms with Crippen molar-refractivity contribution in [2.45, 2.75) is 0 Å². The Balaban J connectivity index is 1.74. The maximum atomic E-state index is 5.62. The quantitative estimate of drug-likeness (QED) is 0.548. The SMILES string of the molecule is C=CCNc1ccnc(NCCOc2ccc(OC)cc2)n1. The van der Waals surface area contributed by atoms with Crippen LogP contribution in [0.4, 0.5) is 11.8 Å². The monoisotopic (exact) mass is 300 g/mol. The predicted octanol–water partition coefficient (Wildman–Crippen LogP) is 2.57. The van der Waals surface area contributed by atoms with Crippen LogP contribution < -0.4 is 20.1 Å². The summed E-state index contributed by atoms with van der Waals surface area (Å²) in [6.45, 7) is 5.44. The Bertz CT molecular complexity index is 587. The minimum absolute atomic E-state index is 0.514. The van der Waals surface area contributed by atoms with Crippen LogP contribution in [0.2, 0.25) is 0 Å². The fourth-order valence-corrected chi connectivity index (χ4v) is 1.72. The normalized spacial score (nSPS) is 9.86. The van der Waals surface area contributed by atoms with Crippen LogP contribution in [0, 0.1) is 0 Å². The second-order valence-corrected chi connectivity index (χ2v) is 4.39. The van der Waals surface area contributed by atoms with Crippen LogP contribution >= 0.6 is 0 Å². The molecule has 116 valence electrons. The zero-order valence-electron chi connectivity index (χ0n) is 12.6. The summed E-state index contributed by atoms with van der Waals surface area (Å²) < 4.78 is 10.7. The summed E-state index contributed by atoms with van der Waals surface area (Å²) in [6.07, 6.45) is 3.48. The Morgan fingerprint density at radius 2 is 1.91 bits per heavy atom. The largest absolute Gasteiger partial charge is 0.497 e. The van der Waals surface area contributed by atoms with Crippen LogP contribution in [0.5, 0.6) is 11.5 Å². The number of rotatable bonds is 9. The highest BCUT2D eigenvalue weighted by atomic mass is 16.5. The van der Waals surface area contributed by atoms with Gasteiger partial charge in [-0.1, -0.05) is 6.08 Å². The van der Waals surface area contributed by atoms with Crippen molar-refractivity contribution >= 4 is 11.8 Å². The first-order valence-electron chi connectivity index (χ1n) is 7.00. The third-order valence-electron chi connectivity index (χ3n) is 2.80. The number of methoxy groups -OCH3 is 1. The number of hydrogen-bond donors (Lipinski definition) is 2. The fourth-order valence-electron chi connectivity index (χ4n) is 1.72. The smallest absolute Gasteiger partial charge is 0.224 e. The van der Waals surface area contributed by atoms with E-state index in [0.717, 1.165) is 17.3 Å². The molecule has 0 aliphatic carbocycles. The number of hydrogen-bond acceptors (Lipinski definition) is 6. The topological polar surface area (TPSA) is 68.3 Å². The molecule has 2 rings (SSSR count). The predicted molar refractivity (Wildman–Crippen MR) is 87.7 cm³/mol. The summed E-state index contributed by atoms with van der Waals surface area (Å²) in [7, 11) is 1.64. The Morgan fingerprint density at radius 1 is 1.14 bits per heavy atom. The van der Waals surface area contributed by atoms with Gasteiger partial charge in [0, 0.05) is 12.7 Å². The minimum atomic E-state index is 0.514. The van der Waals surface area contributed by atoms with E-state index >= 15 is 0 Å². The van der Waals surface area contributed by atoms with E-state index < -0.39 is 0 Å². The fraction of sp³-hybridized carbons (Fsp3) is 0.250. The maximum Gasteiger partial charge on any atom is 0.224 e. The number of aromatic nitrogens is 2. The van der Waals surface area contributed by atoms with Gasteiger partial charge in [-0.15, -0.1) is 6.58 Å². The van der Waals surface area contributed by atoms with Gasteiger partial charge < -0.3 is 20.1 Å². The molecule has 1 aromatic carbocycles.